The summed E-state index contributed by atoms with van der Waals surface area (Å²) in [5.74, 6) is 1.36. The van der Waals surface area contributed by atoms with Gasteiger partial charge in [-0.05, 0) is 52.7 Å². The number of hydrogen-bond donors (Lipinski definition) is 1. The molecule has 0 atom stereocenters. The summed E-state index contributed by atoms with van der Waals surface area (Å²) in [6.45, 7) is 0.779. The molecule has 4 rings (SSSR count). The molecule has 1 amide bonds. The number of fused-ring (bicyclic) bond motifs is 1. The first-order chi connectivity index (χ1) is 12.3. The van der Waals surface area contributed by atoms with Gasteiger partial charge in [0.2, 0.25) is 6.79 Å². The molecule has 2 heterocycles. The van der Waals surface area contributed by atoms with E-state index in [-0.39, 0.29) is 12.7 Å². The molecule has 1 aliphatic heterocycles. The predicted octanol–water partition coefficient (Wildman–Crippen LogP) is 1.36. The van der Waals surface area contributed by atoms with Crippen molar-refractivity contribution in [3.05, 3.63) is 59.9 Å². The summed E-state index contributed by atoms with van der Waals surface area (Å²) in [4.78, 5) is 12.3. The van der Waals surface area contributed by atoms with Crippen LogP contribution in [0.2, 0.25) is 0 Å². The lowest BCUT2D eigenvalue weighted by atomic mass is 10.1. The van der Waals surface area contributed by atoms with Gasteiger partial charge in [-0.2, -0.15) is 0 Å². The van der Waals surface area contributed by atoms with E-state index in [1.165, 1.54) is 11.0 Å². The van der Waals surface area contributed by atoms with E-state index in [4.69, 9.17) is 9.47 Å². The number of hydrogen-bond acceptors (Lipinski definition) is 6. The van der Waals surface area contributed by atoms with Gasteiger partial charge in [-0.25, -0.2) is 4.68 Å². The van der Waals surface area contributed by atoms with Crippen molar-refractivity contribution in [3.8, 4) is 17.2 Å². The number of ether oxygens (including phenoxy) is 2. The van der Waals surface area contributed by atoms with Crippen LogP contribution in [0.1, 0.15) is 15.9 Å². The summed E-state index contributed by atoms with van der Waals surface area (Å²) in [7, 11) is 0. The molecule has 0 radical (unpaired) electrons. The molecule has 1 aliphatic rings. The maximum atomic E-state index is 12.3. The zero-order chi connectivity index (χ0) is 17.1. The molecular weight excluding hydrogens is 322 g/mol. The molecule has 1 N–H and O–H groups in total. The van der Waals surface area contributed by atoms with Crippen molar-refractivity contribution in [2.75, 3.05) is 13.3 Å². The molecule has 8 heteroatoms. The van der Waals surface area contributed by atoms with Crippen LogP contribution in [-0.4, -0.2) is 39.5 Å². The largest absolute Gasteiger partial charge is 0.454 e. The van der Waals surface area contributed by atoms with Crippen molar-refractivity contribution in [1.82, 2.24) is 25.5 Å². The summed E-state index contributed by atoms with van der Waals surface area (Å²) >= 11 is 0. The average molecular weight is 337 g/mol. The van der Waals surface area contributed by atoms with Crippen molar-refractivity contribution in [2.24, 2.45) is 0 Å². The molecule has 0 saturated heterocycles. The topological polar surface area (TPSA) is 91.2 Å². The molecular formula is C17H15N5O3. The summed E-state index contributed by atoms with van der Waals surface area (Å²) < 4.78 is 12.1. The van der Waals surface area contributed by atoms with Crippen LogP contribution in [-0.2, 0) is 6.42 Å². The standard InChI is InChI=1S/C17H15N5O3/c23-17(13-2-1-3-14(9-13)22-10-19-20-21-22)18-7-6-12-4-5-15-16(8-12)25-11-24-15/h1-5,8-10H,6-7,11H2,(H,18,23). The van der Waals surface area contributed by atoms with Crippen LogP contribution in [0.25, 0.3) is 5.69 Å². The first-order valence-corrected chi connectivity index (χ1v) is 7.80. The fraction of sp³-hybridized carbons (Fsp3) is 0.176. The second-order valence-corrected chi connectivity index (χ2v) is 5.50. The molecule has 3 aromatic rings. The van der Waals surface area contributed by atoms with Crippen LogP contribution in [0, 0.1) is 0 Å². The van der Waals surface area contributed by atoms with Crippen LogP contribution in [0.15, 0.2) is 48.8 Å². The minimum atomic E-state index is -0.143. The van der Waals surface area contributed by atoms with E-state index >= 15 is 0 Å². The Bertz CT molecular complexity index is 895. The Labute approximate surface area is 143 Å². The molecule has 0 aliphatic carbocycles. The van der Waals surface area contributed by atoms with E-state index in [2.05, 4.69) is 20.8 Å². The number of carbonyl (C=O) groups is 1. The van der Waals surface area contributed by atoms with Crippen molar-refractivity contribution < 1.29 is 14.3 Å². The van der Waals surface area contributed by atoms with Crippen LogP contribution >= 0.6 is 0 Å². The van der Waals surface area contributed by atoms with Crippen molar-refractivity contribution in [2.45, 2.75) is 6.42 Å². The molecule has 2 aromatic carbocycles. The van der Waals surface area contributed by atoms with Crippen LogP contribution < -0.4 is 14.8 Å². The summed E-state index contributed by atoms with van der Waals surface area (Å²) in [6.07, 6.45) is 2.19. The van der Waals surface area contributed by atoms with E-state index in [0.717, 1.165) is 22.7 Å². The molecule has 0 saturated carbocycles. The Hall–Kier alpha value is -3.42. The minimum Gasteiger partial charge on any atom is -0.454 e. The summed E-state index contributed by atoms with van der Waals surface area (Å²) in [6, 6.07) is 12.9. The maximum absolute atomic E-state index is 12.3. The number of amides is 1. The van der Waals surface area contributed by atoms with Gasteiger partial charge in [0, 0.05) is 12.1 Å². The Morgan fingerprint density at radius 1 is 1.16 bits per heavy atom. The molecule has 1 aromatic heterocycles. The molecule has 0 fully saturated rings. The van der Waals surface area contributed by atoms with E-state index < -0.39 is 0 Å². The SMILES string of the molecule is O=C(NCCc1ccc2c(c1)OCO2)c1cccc(-n2cnnn2)c1. The van der Waals surface area contributed by atoms with Gasteiger partial charge in [0.25, 0.3) is 5.91 Å². The molecule has 0 unspecified atom stereocenters. The molecule has 0 bridgehead atoms. The Morgan fingerprint density at radius 2 is 2.08 bits per heavy atom. The fourth-order valence-corrected chi connectivity index (χ4v) is 2.59. The van der Waals surface area contributed by atoms with E-state index in [0.29, 0.717) is 18.5 Å². The molecule has 126 valence electrons. The monoisotopic (exact) mass is 337 g/mol. The summed E-state index contributed by atoms with van der Waals surface area (Å²) in [5.41, 5.74) is 2.36. The van der Waals surface area contributed by atoms with Crippen LogP contribution in [0.4, 0.5) is 0 Å². The molecule has 25 heavy (non-hydrogen) atoms. The maximum Gasteiger partial charge on any atom is 0.251 e. The number of rotatable bonds is 5. The lowest BCUT2D eigenvalue weighted by molar-refractivity contribution is 0.0954. The second-order valence-electron chi connectivity index (χ2n) is 5.50. The zero-order valence-electron chi connectivity index (χ0n) is 13.3. The third-order valence-corrected chi connectivity index (χ3v) is 3.86. The second kappa shape index (κ2) is 6.60. The number of tetrazole rings is 1. The number of carbonyl (C=O) groups excluding carboxylic acids is 1. The highest BCUT2D eigenvalue weighted by molar-refractivity contribution is 5.94. The van der Waals surface area contributed by atoms with Crippen molar-refractivity contribution >= 4 is 5.91 Å². The fourth-order valence-electron chi connectivity index (χ4n) is 2.59. The lowest BCUT2D eigenvalue weighted by Gasteiger charge is -2.07. The van der Waals surface area contributed by atoms with Gasteiger partial charge in [0.1, 0.15) is 6.33 Å². The average Bonchev–Trinajstić information content (AvgIpc) is 3.33. The van der Waals surface area contributed by atoms with Gasteiger partial charge >= 0.3 is 0 Å². The van der Waals surface area contributed by atoms with E-state index in [1.807, 2.05) is 24.3 Å². The van der Waals surface area contributed by atoms with Gasteiger partial charge in [0.15, 0.2) is 11.5 Å². The van der Waals surface area contributed by atoms with E-state index in [9.17, 15) is 4.79 Å². The van der Waals surface area contributed by atoms with Gasteiger partial charge in [-0.1, -0.05) is 12.1 Å². The van der Waals surface area contributed by atoms with Crippen LogP contribution in [0.5, 0.6) is 11.5 Å². The van der Waals surface area contributed by atoms with Crippen LogP contribution in [0.3, 0.4) is 0 Å². The highest BCUT2D eigenvalue weighted by Crippen LogP contribution is 2.32. The third kappa shape index (κ3) is 3.27. The Morgan fingerprint density at radius 3 is 2.96 bits per heavy atom. The number of benzene rings is 2. The van der Waals surface area contributed by atoms with E-state index in [1.54, 1.807) is 18.2 Å². The highest BCUT2D eigenvalue weighted by atomic mass is 16.7. The first kappa shape index (κ1) is 15.1. The van der Waals surface area contributed by atoms with Crippen molar-refractivity contribution in [1.29, 1.82) is 0 Å². The number of nitrogens with one attached hydrogen (secondary N) is 1. The molecule has 0 spiro atoms. The smallest absolute Gasteiger partial charge is 0.251 e. The summed E-state index contributed by atoms with van der Waals surface area (Å²) in [5, 5.41) is 13.9. The predicted molar refractivity (Wildman–Crippen MR) is 87.8 cm³/mol. The van der Waals surface area contributed by atoms with Gasteiger partial charge in [-0.3, -0.25) is 4.79 Å². The molecule has 8 nitrogen and oxygen atoms in total. The first-order valence-electron chi connectivity index (χ1n) is 7.80. The number of aromatic nitrogens is 4. The minimum absolute atomic E-state index is 0.143. The Kier molecular flexibility index (Phi) is 3.99. The van der Waals surface area contributed by atoms with Gasteiger partial charge in [-0.15, -0.1) is 5.10 Å². The Balaban J connectivity index is 1.37. The lowest BCUT2D eigenvalue weighted by Crippen LogP contribution is -2.25. The van der Waals surface area contributed by atoms with Gasteiger partial charge in [0.05, 0.1) is 5.69 Å². The van der Waals surface area contributed by atoms with Gasteiger partial charge < -0.3 is 14.8 Å². The van der Waals surface area contributed by atoms with Crippen molar-refractivity contribution in [3.63, 3.8) is 0 Å². The normalized spacial score (nSPS) is 12.2. The zero-order valence-corrected chi connectivity index (χ0v) is 13.3. The highest BCUT2D eigenvalue weighted by Gasteiger charge is 2.13. The number of nitrogens with zero attached hydrogens (tertiary/aromatic N) is 4. The third-order valence-electron chi connectivity index (χ3n) is 3.86. The quantitative estimate of drug-likeness (QED) is 0.756.